The molecule has 26 heavy (non-hydrogen) atoms. The van der Waals surface area contributed by atoms with Gasteiger partial charge < -0.3 is 5.11 Å². The highest BCUT2D eigenvalue weighted by atomic mass is 16.4. The molecule has 0 saturated heterocycles. The van der Waals surface area contributed by atoms with Crippen LogP contribution in [0.1, 0.15) is 22.8 Å². The summed E-state index contributed by atoms with van der Waals surface area (Å²) < 4.78 is 2.02. The van der Waals surface area contributed by atoms with Crippen molar-refractivity contribution in [2.45, 2.75) is 20.0 Å². The number of fused-ring (bicyclic) bond motifs is 1. The molecule has 0 saturated carbocycles. The van der Waals surface area contributed by atoms with Crippen LogP contribution < -0.4 is 11.2 Å². The average molecular weight is 352 g/mol. The fourth-order valence-electron chi connectivity index (χ4n) is 2.83. The molecule has 7 heteroatoms. The average Bonchev–Trinajstić information content (AvgIpc) is 2.62. The summed E-state index contributed by atoms with van der Waals surface area (Å²) in [6.07, 6.45) is 0. The van der Waals surface area contributed by atoms with Crippen LogP contribution >= 0.6 is 0 Å². The topological polar surface area (TPSA) is 98.4 Å². The molecule has 0 aliphatic carbocycles. The second-order valence-corrected chi connectivity index (χ2v) is 5.93. The van der Waals surface area contributed by atoms with Gasteiger partial charge in [-0.2, -0.15) is 0 Å². The number of aromatic nitrogens is 2. The van der Waals surface area contributed by atoms with Gasteiger partial charge in [0.2, 0.25) is 0 Å². The number of hydrogen-bond acceptors (Lipinski definition) is 4. The summed E-state index contributed by atoms with van der Waals surface area (Å²) in [5.41, 5.74) is -0.0658. The van der Waals surface area contributed by atoms with Crippen LogP contribution in [-0.2, 0) is 17.9 Å². The predicted octanol–water partition coefficient (Wildman–Crippen LogP) is 1.50. The second kappa shape index (κ2) is 6.79. The number of carbonyl (C=O) groups excluding carboxylic acids is 1. The third-order valence-corrected chi connectivity index (χ3v) is 4.11. The summed E-state index contributed by atoms with van der Waals surface area (Å²) in [6.45, 7) is 0.783. The van der Waals surface area contributed by atoms with Crippen LogP contribution in [0.2, 0.25) is 0 Å². The number of carboxylic acid groups (broad SMARTS) is 1. The van der Waals surface area contributed by atoms with E-state index in [0.717, 1.165) is 14.7 Å². The first-order valence-electron chi connectivity index (χ1n) is 7.92. The zero-order valence-electron chi connectivity index (χ0n) is 14.0. The van der Waals surface area contributed by atoms with E-state index in [1.54, 1.807) is 24.3 Å². The third kappa shape index (κ3) is 3.19. The van der Waals surface area contributed by atoms with Crippen LogP contribution in [0.3, 0.4) is 0 Å². The molecule has 2 aromatic carbocycles. The molecular weight excluding hydrogens is 336 g/mol. The van der Waals surface area contributed by atoms with Gasteiger partial charge in [-0.1, -0.05) is 36.4 Å². The lowest BCUT2D eigenvalue weighted by Crippen LogP contribution is -2.41. The number of carbonyl (C=O) groups is 2. The third-order valence-electron chi connectivity index (χ3n) is 4.11. The van der Waals surface area contributed by atoms with Crippen molar-refractivity contribution in [3.63, 3.8) is 0 Å². The standard InChI is InChI=1S/C19H16N2O5/c1-12(22)14-7-8-15-16(9-14)20(11-17(23)24)19(26)21(18(15)25)10-13-5-3-2-4-6-13/h2-9H,10-11H2,1H3,(H,23,24). The molecule has 1 aromatic heterocycles. The molecule has 0 unspecified atom stereocenters. The Balaban J connectivity index is 2.31. The normalized spacial score (nSPS) is 10.8. The van der Waals surface area contributed by atoms with Gasteiger partial charge >= 0.3 is 11.7 Å². The second-order valence-electron chi connectivity index (χ2n) is 5.93. The van der Waals surface area contributed by atoms with Crippen molar-refractivity contribution >= 4 is 22.7 Å². The smallest absolute Gasteiger partial charge is 0.332 e. The molecule has 0 atom stereocenters. The molecule has 7 nitrogen and oxygen atoms in total. The Kier molecular flexibility index (Phi) is 4.53. The molecule has 3 aromatic rings. The summed E-state index contributed by atoms with van der Waals surface area (Å²) in [6, 6.07) is 13.3. The number of rotatable bonds is 5. The van der Waals surface area contributed by atoms with E-state index in [1.807, 2.05) is 6.07 Å². The highest BCUT2D eigenvalue weighted by molar-refractivity contribution is 5.97. The molecule has 1 heterocycles. The van der Waals surface area contributed by atoms with Crippen molar-refractivity contribution in [3.8, 4) is 0 Å². The Morgan fingerprint density at radius 1 is 1.00 bits per heavy atom. The van der Waals surface area contributed by atoms with E-state index in [2.05, 4.69) is 0 Å². The summed E-state index contributed by atoms with van der Waals surface area (Å²) in [5, 5.41) is 9.35. The van der Waals surface area contributed by atoms with Crippen LogP contribution in [-0.4, -0.2) is 26.0 Å². The van der Waals surface area contributed by atoms with E-state index in [-0.39, 0.29) is 23.2 Å². The van der Waals surface area contributed by atoms with Gasteiger partial charge in [0.05, 0.1) is 17.4 Å². The minimum atomic E-state index is -1.22. The van der Waals surface area contributed by atoms with Crippen LogP contribution in [0.5, 0.6) is 0 Å². The Bertz CT molecular complexity index is 1130. The number of hydrogen-bond donors (Lipinski definition) is 1. The lowest BCUT2D eigenvalue weighted by atomic mass is 10.1. The number of aliphatic carboxylic acids is 1. The van der Waals surface area contributed by atoms with E-state index in [1.165, 1.54) is 25.1 Å². The highest BCUT2D eigenvalue weighted by Crippen LogP contribution is 2.13. The molecule has 1 N–H and O–H groups in total. The molecule has 0 fully saturated rings. The largest absolute Gasteiger partial charge is 0.480 e. The summed E-state index contributed by atoms with van der Waals surface area (Å²) in [7, 11) is 0. The molecule has 0 radical (unpaired) electrons. The Morgan fingerprint density at radius 3 is 2.31 bits per heavy atom. The molecule has 3 rings (SSSR count). The van der Waals surface area contributed by atoms with Gasteiger partial charge in [0.1, 0.15) is 6.54 Å². The number of ketones is 1. The Labute approximate surface area is 147 Å². The maximum absolute atomic E-state index is 12.8. The van der Waals surface area contributed by atoms with Gasteiger partial charge in [-0.05, 0) is 24.6 Å². The summed E-state index contributed by atoms with van der Waals surface area (Å²) in [4.78, 5) is 48.4. The van der Waals surface area contributed by atoms with E-state index in [9.17, 15) is 19.2 Å². The molecule has 0 aliphatic rings. The fraction of sp³-hybridized carbons (Fsp3) is 0.158. The van der Waals surface area contributed by atoms with Gasteiger partial charge in [-0.25, -0.2) is 4.79 Å². The first kappa shape index (κ1) is 17.3. The van der Waals surface area contributed by atoms with Crippen LogP contribution in [0.4, 0.5) is 0 Å². The molecule has 0 spiro atoms. The SMILES string of the molecule is CC(=O)c1ccc2c(=O)n(Cc3ccccc3)c(=O)n(CC(=O)O)c2c1. The maximum Gasteiger partial charge on any atom is 0.332 e. The number of carboxylic acids is 1. The number of nitrogens with zero attached hydrogens (tertiary/aromatic N) is 2. The van der Waals surface area contributed by atoms with Crippen molar-refractivity contribution < 1.29 is 14.7 Å². The van der Waals surface area contributed by atoms with Gasteiger partial charge in [0.25, 0.3) is 5.56 Å². The van der Waals surface area contributed by atoms with Gasteiger partial charge in [0, 0.05) is 5.56 Å². The Morgan fingerprint density at radius 2 is 1.69 bits per heavy atom. The van der Waals surface area contributed by atoms with Crippen LogP contribution in [0.15, 0.2) is 58.1 Å². The Hall–Kier alpha value is -3.48. The van der Waals surface area contributed by atoms with E-state index in [4.69, 9.17) is 5.11 Å². The first-order valence-corrected chi connectivity index (χ1v) is 7.92. The van der Waals surface area contributed by atoms with Crippen molar-refractivity contribution in [1.29, 1.82) is 0 Å². The van der Waals surface area contributed by atoms with Crippen LogP contribution in [0.25, 0.3) is 10.9 Å². The maximum atomic E-state index is 12.8. The van der Waals surface area contributed by atoms with E-state index in [0.29, 0.717) is 5.56 Å². The highest BCUT2D eigenvalue weighted by Gasteiger charge is 2.16. The summed E-state index contributed by atoms with van der Waals surface area (Å²) >= 11 is 0. The zero-order valence-corrected chi connectivity index (χ0v) is 14.0. The van der Waals surface area contributed by atoms with E-state index < -0.39 is 23.8 Å². The monoisotopic (exact) mass is 352 g/mol. The summed E-state index contributed by atoms with van der Waals surface area (Å²) in [5.74, 6) is -1.46. The van der Waals surface area contributed by atoms with Crippen molar-refractivity contribution in [2.24, 2.45) is 0 Å². The van der Waals surface area contributed by atoms with Crippen molar-refractivity contribution in [1.82, 2.24) is 9.13 Å². The van der Waals surface area contributed by atoms with Gasteiger partial charge in [-0.3, -0.25) is 23.5 Å². The first-order chi connectivity index (χ1) is 12.4. The number of Topliss-reactive ketones (excluding diaryl/α,β-unsaturated/α-hetero) is 1. The lowest BCUT2D eigenvalue weighted by molar-refractivity contribution is -0.137. The molecule has 0 amide bonds. The zero-order chi connectivity index (χ0) is 18.8. The lowest BCUT2D eigenvalue weighted by Gasteiger charge is -2.13. The van der Waals surface area contributed by atoms with E-state index >= 15 is 0 Å². The van der Waals surface area contributed by atoms with Gasteiger partial charge in [0.15, 0.2) is 5.78 Å². The number of benzene rings is 2. The quantitative estimate of drug-likeness (QED) is 0.702. The molecule has 132 valence electrons. The van der Waals surface area contributed by atoms with Crippen LogP contribution in [0, 0.1) is 0 Å². The minimum absolute atomic E-state index is 0.0303. The molecule has 0 bridgehead atoms. The van der Waals surface area contributed by atoms with Gasteiger partial charge in [-0.15, -0.1) is 0 Å². The minimum Gasteiger partial charge on any atom is -0.480 e. The molecule has 0 aliphatic heterocycles. The molecular formula is C19H16N2O5. The van der Waals surface area contributed by atoms with Crippen molar-refractivity contribution in [2.75, 3.05) is 0 Å². The fourth-order valence-corrected chi connectivity index (χ4v) is 2.83. The predicted molar refractivity (Wildman–Crippen MR) is 95.7 cm³/mol. The van der Waals surface area contributed by atoms with Crippen molar-refractivity contribution in [3.05, 3.63) is 80.5 Å².